The van der Waals surface area contributed by atoms with Crippen LogP contribution in [0.4, 0.5) is 10.1 Å². The third kappa shape index (κ3) is 4.13. The predicted molar refractivity (Wildman–Crippen MR) is 115 cm³/mol. The Morgan fingerprint density at radius 3 is 2.77 bits per heavy atom. The molecule has 1 N–H and O–H groups in total. The van der Waals surface area contributed by atoms with E-state index in [9.17, 15) is 14.0 Å². The zero-order valence-corrected chi connectivity index (χ0v) is 16.9. The lowest BCUT2D eigenvalue weighted by molar-refractivity contribution is -0.135. The minimum atomic E-state index is -0.606. The topological polar surface area (TPSA) is 74.8 Å². The molecule has 0 unspecified atom stereocenters. The Balaban J connectivity index is 1.62. The Morgan fingerprint density at radius 1 is 1.23 bits per heavy atom. The smallest absolute Gasteiger partial charge is 0.331 e. The Hall–Kier alpha value is -3.39. The number of para-hydroxylation sites is 1. The van der Waals surface area contributed by atoms with Crippen molar-refractivity contribution in [1.82, 2.24) is 9.88 Å². The van der Waals surface area contributed by atoms with Crippen LogP contribution in [0.1, 0.15) is 5.56 Å². The summed E-state index contributed by atoms with van der Waals surface area (Å²) < 4.78 is 17.9. The van der Waals surface area contributed by atoms with Gasteiger partial charge >= 0.3 is 5.97 Å². The van der Waals surface area contributed by atoms with Crippen LogP contribution >= 0.6 is 11.8 Å². The molecule has 1 aliphatic rings. The van der Waals surface area contributed by atoms with Gasteiger partial charge in [-0.3, -0.25) is 9.69 Å². The second kappa shape index (κ2) is 8.54. The molecule has 2 heterocycles. The number of amides is 1. The zero-order chi connectivity index (χ0) is 21.1. The molecule has 1 amide bonds. The predicted octanol–water partition coefficient (Wildman–Crippen LogP) is 4.17. The highest BCUT2D eigenvalue weighted by atomic mass is 32.2. The monoisotopic (exact) mass is 423 g/mol. The van der Waals surface area contributed by atoms with Crippen LogP contribution in [0.25, 0.3) is 10.9 Å². The average molecular weight is 423 g/mol. The lowest BCUT2D eigenvalue weighted by Crippen LogP contribution is -2.31. The highest BCUT2D eigenvalue weighted by molar-refractivity contribution is 8.18. The minimum Gasteiger partial charge on any atom is -0.466 e. The Morgan fingerprint density at radius 2 is 2.00 bits per heavy atom. The molecule has 8 heteroatoms. The van der Waals surface area contributed by atoms with E-state index in [4.69, 9.17) is 0 Å². The molecule has 1 aromatic heterocycles. The fourth-order valence-electron chi connectivity index (χ4n) is 3.15. The van der Waals surface area contributed by atoms with Gasteiger partial charge in [0, 0.05) is 29.7 Å². The quantitative estimate of drug-likeness (QED) is 0.494. The molecular weight excluding hydrogens is 405 g/mol. The van der Waals surface area contributed by atoms with Gasteiger partial charge in [-0.25, -0.2) is 14.2 Å². The molecule has 3 aromatic rings. The maximum Gasteiger partial charge on any atom is 0.331 e. The fourth-order valence-corrected chi connectivity index (χ4v) is 4.14. The van der Waals surface area contributed by atoms with Gasteiger partial charge in [0.25, 0.3) is 5.91 Å². The molecule has 0 aliphatic carbocycles. The first-order valence-corrected chi connectivity index (χ1v) is 10.1. The summed E-state index contributed by atoms with van der Waals surface area (Å²) in [5.41, 5.74) is 2.62. The van der Waals surface area contributed by atoms with Crippen molar-refractivity contribution in [3.05, 3.63) is 77.1 Å². The number of fused-ring (bicyclic) bond motifs is 1. The zero-order valence-electron chi connectivity index (χ0n) is 16.1. The van der Waals surface area contributed by atoms with Crippen LogP contribution in [0.2, 0.25) is 0 Å². The van der Waals surface area contributed by atoms with Crippen LogP contribution in [0, 0.1) is 5.82 Å². The first kappa shape index (κ1) is 19.9. The van der Waals surface area contributed by atoms with Gasteiger partial charge in [-0.2, -0.15) is 0 Å². The number of aromatic amines is 1. The second-order valence-electron chi connectivity index (χ2n) is 6.57. The number of nitrogens with one attached hydrogen (secondary N) is 1. The van der Waals surface area contributed by atoms with E-state index in [2.05, 4.69) is 14.7 Å². The fraction of sp³-hybridized carbons (Fsp3) is 0.136. The highest BCUT2D eigenvalue weighted by Crippen LogP contribution is 2.33. The number of hydrogen-bond acceptors (Lipinski definition) is 5. The standard InChI is InChI=1S/C22H18FN3O3S/c1-29-20(27)12-19-21(28)26(22(30-19)25-16-8-6-15(23)7-9-16)11-10-14-13-24-18-5-3-2-4-17(14)18/h2-9,12-13,24H,10-11H2,1H3/b19-12-,25-22?. The Bertz CT molecular complexity index is 1170. The van der Waals surface area contributed by atoms with E-state index >= 15 is 0 Å². The number of carbonyl (C=O) groups is 2. The van der Waals surface area contributed by atoms with Crippen molar-refractivity contribution in [3.8, 4) is 0 Å². The number of H-pyrrole nitrogens is 1. The third-order valence-electron chi connectivity index (χ3n) is 4.67. The van der Waals surface area contributed by atoms with Gasteiger partial charge in [0.2, 0.25) is 0 Å². The number of benzene rings is 2. The number of nitrogens with zero attached hydrogens (tertiary/aromatic N) is 2. The summed E-state index contributed by atoms with van der Waals surface area (Å²) in [4.78, 5) is 34.1. The van der Waals surface area contributed by atoms with E-state index < -0.39 is 5.97 Å². The molecule has 1 fully saturated rings. The summed E-state index contributed by atoms with van der Waals surface area (Å²) in [5.74, 6) is -1.28. The number of esters is 1. The summed E-state index contributed by atoms with van der Waals surface area (Å²) in [6.45, 7) is 0.381. The summed E-state index contributed by atoms with van der Waals surface area (Å²) in [5, 5.41) is 1.53. The highest BCUT2D eigenvalue weighted by Gasteiger charge is 2.34. The summed E-state index contributed by atoms with van der Waals surface area (Å²) in [6.07, 6.45) is 3.70. The van der Waals surface area contributed by atoms with Crippen molar-refractivity contribution in [1.29, 1.82) is 0 Å². The van der Waals surface area contributed by atoms with E-state index in [0.717, 1.165) is 28.2 Å². The molecular formula is C22H18FN3O3S. The van der Waals surface area contributed by atoms with Crippen molar-refractivity contribution >= 4 is 45.4 Å². The van der Waals surface area contributed by atoms with Gasteiger partial charge in [0.05, 0.1) is 17.7 Å². The molecule has 0 saturated carbocycles. The third-order valence-corrected chi connectivity index (χ3v) is 5.68. The largest absolute Gasteiger partial charge is 0.466 e. The maximum absolute atomic E-state index is 13.2. The number of methoxy groups -OCH3 is 1. The molecule has 0 radical (unpaired) electrons. The number of hydrogen-bond donors (Lipinski definition) is 1. The van der Waals surface area contributed by atoms with Crippen LogP contribution < -0.4 is 0 Å². The number of rotatable bonds is 5. The van der Waals surface area contributed by atoms with Gasteiger partial charge in [-0.1, -0.05) is 18.2 Å². The molecule has 4 rings (SSSR count). The number of halogens is 1. The van der Waals surface area contributed by atoms with Crippen molar-refractivity contribution < 1.29 is 18.7 Å². The van der Waals surface area contributed by atoms with Gasteiger partial charge in [-0.05, 0) is 54.1 Å². The molecule has 6 nitrogen and oxygen atoms in total. The minimum absolute atomic E-state index is 0.238. The van der Waals surface area contributed by atoms with Crippen LogP contribution in [-0.4, -0.2) is 40.6 Å². The van der Waals surface area contributed by atoms with Crippen LogP contribution in [-0.2, 0) is 20.7 Å². The summed E-state index contributed by atoms with van der Waals surface area (Å²) in [7, 11) is 1.26. The number of thioether (sulfide) groups is 1. The van der Waals surface area contributed by atoms with Gasteiger partial charge < -0.3 is 9.72 Å². The van der Waals surface area contributed by atoms with Gasteiger partial charge in [-0.15, -0.1) is 0 Å². The first-order valence-electron chi connectivity index (χ1n) is 9.24. The molecule has 1 saturated heterocycles. The Kier molecular flexibility index (Phi) is 5.67. The van der Waals surface area contributed by atoms with E-state index in [1.54, 1.807) is 0 Å². The lowest BCUT2D eigenvalue weighted by atomic mass is 10.1. The van der Waals surface area contributed by atoms with Gasteiger partial charge in [0.1, 0.15) is 5.82 Å². The molecule has 0 atom stereocenters. The van der Waals surface area contributed by atoms with Crippen LogP contribution in [0.3, 0.4) is 0 Å². The lowest BCUT2D eigenvalue weighted by Gasteiger charge is -2.15. The average Bonchev–Trinajstić information content (AvgIpc) is 3.29. The van der Waals surface area contributed by atoms with E-state index in [-0.39, 0.29) is 16.6 Å². The number of amidine groups is 1. The van der Waals surface area contributed by atoms with Crippen molar-refractivity contribution in [2.45, 2.75) is 6.42 Å². The van der Waals surface area contributed by atoms with Gasteiger partial charge in [0.15, 0.2) is 5.17 Å². The van der Waals surface area contributed by atoms with Crippen molar-refractivity contribution in [3.63, 3.8) is 0 Å². The van der Waals surface area contributed by atoms with E-state index in [1.165, 1.54) is 42.4 Å². The van der Waals surface area contributed by atoms with E-state index in [0.29, 0.717) is 23.8 Å². The van der Waals surface area contributed by atoms with Crippen LogP contribution in [0.15, 0.2) is 70.7 Å². The molecule has 0 spiro atoms. The van der Waals surface area contributed by atoms with E-state index in [1.807, 2.05) is 30.5 Å². The second-order valence-corrected chi connectivity index (χ2v) is 7.58. The summed E-state index contributed by atoms with van der Waals surface area (Å²) >= 11 is 1.10. The number of ether oxygens (including phenoxy) is 1. The molecule has 0 bridgehead atoms. The number of carbonyl (C=O) groups excluding carboxylic acids is 2. The molecule has 152 valence electrons. The van der Waals surface area contributed by atoms with Crippen molar-refractivity contribution in [2.75, 3.05) is 13.7 Å². The molecule has 30 heavy (non-hydrogen) atoms. The number of aliphatic imine (C=N–C) groups is 1. The van der Waals surface area contributed by atoms with Crippen molar-refractivity contribution in [2.24, 2.45) is 4.99 Å². The maximum atomic E-state index is 13.2. The first-order chi connectivity index (χ1) is 14.5. The number of aromatic nitrogens is 1. The normalized spacial score (nSPS) is 16.7. The van der Waals surface area contributed by atoms with Crippen LogP contribution in [0.5, 0.6) is 0 Å². The Labute approximate surface area is 176 Å². The molecule has 1 aliphatic heterocycles. The molecule has 2 aromatic carbocycles. The SMILES string of the molecule is COC(=O)/C=C1\SC(=Nc2ccc(F)cc2)N(CCc2c[nH]c3ccccc23)C1=O. The summed E-state index contributed by atoms with van der Waals surface area (Å²) in [6, 6.07) is 13.6.